The highest BCUT2D eigenvalue weighted by Gasteiger charge is 2.07. The summed E-state index contributed by atoms with van der Waals surface area (Å²) >= 11 is 0. The van der Waals surface area contributed by atoms with Gasteiger partial charge in [-0.1, -0.05) is 19.9 Å². The van der Waals surface area contributed by atoms with Crippen LogP contribution in [0.4, 0.5) is 0 Å². The average Bonchev–Trinajstić information content (AvgIpc) is 2.00. The molecule has 0 radical (unpaired) electrons. The fraction of sp³-hybridized carbons (Fsp3) is 0.444. The van der Waals surface area contributed by atoms with Gasteiger partial charge in [0.2, 0.25) is 0 Å². The summed E-state index contributed by atoms with van der Waals surface area (Å²) in [7, 11) is 0. The highest BCUT2D eigenvalue weighted by atomic mass is 16.5. The van der Waals surface area contributed by atoms with Crippen LogP contribution in [-0.2, 0) is 0 Å². The van der Waals surface area contributed by atoms with Crippen molar-refractivity contribution in [3.63, 3.8) is 0 Å². The van der Waals surface area contributed by atoms with Crippen molar-refractivity contribution in [3.8, 4) is 0 Å². The zero-order chi connectivity index (χ0) is 9.30. The monoisotopic (exact) mass is 167 g/mol. The van der Waals surface area contributed by atoms with E-state index in [9.17, 15) is 10.0 Å². The number of nitrogens with zero attached hydrogens (tertiary/aromatic N) is 1. The summed E-state index contributed by atoms with van der Waals surface area (Å²) in [6, 6.07) is 3.49. The first-order valence-electron chi connectivity index (χ1n) is 3.96. The molecule has 0 saturated carbocycles. The highest BCUT2D eigenvalue weighted by Crippen LogP contribution is 2.08. The molecule has 0 amide bonds. The van der Waals surface area contributed by atoms with Crippen LogP contribution < -0.4 is 5.56 Å². The molecule has 1 aromatic rings. The summed E-state index contributed by atoms with van der Waals surface area (Å²) in [6.07, 6.45) is 0. The fourth-order valence-corrected chi connectivity index (χ4v) is 1.07. The minimum atomic E-state index is -0.315. The molecule has 66 valence electrons. The molecule has 0 saturated heterocycles. The summed E-state index contributed by atoms with van der Waals surface area (Å²) in [4.78, 5) is 11.3. The quantitative estimate of drug-likeness (QED) is 0.644. The number of rotatable bonds is 1. The molecule has 0 aromatic carbocycles. The van der Waals surface area contributed by atoms with Crippen molar-refractivity contribution >= 4 is 0 Å². The first-order valence-corrected chi connectivity index (χ1v) is 3.96. The third kappa shape index (κ3) is 1.35. The van der Waals surface area contributed by atoms with Gasteiger partial charge in [0, 0.05) is 5.56 Å². The van der Waals surface area contributed by atoms with Crippen molar-refractivity contribution in [1.82, 2.24) is 4.73 Å². The molecule has 12 heavy (non-hydrogen) atoms. The molecule has 0 atom stereocenters. The molecule has 0 aliphatic heterocycles. The second-order valence-electron chi connectivity index (χ2n) is 3.20. The molecule has 0 fully saturated rings. The smallest absolute Gasteiger partial charge is 0.286 e. The van der Waals surface area contributed by atoms with Crippen LogP contribution >= 0.6 is 0 Å². The molecular weight excluding hydrogens is 154 g/mol. The lowest BCUT2D eigenvalue weighted by atomic mass is 10.1. The summed E-state index contributed by atoms with van der Waals surface area (Å²) in [5.41, 5.74) is 0.887. The number of pyridine rings is 1. The van der Waals surface area contributed by atoms with Crippen molar-refractivity contribution in [2.24, 2.45) is 0 Å². The summed E-state index contributed by atoms with van der Waals surface area (Å²) in [5.74, 6) is 0.150. The standard InChI is InChI=1S/C9H13NO2/c1-6(2)8-5-4-7(3)10(12)9(8)11/h4-6,12H,1-3H3. The normalized spacial score (nSPS) is 10.7. The van der Waals surface area contributed by atoms with Crippen LogP contribution in [0.1, 0.15) is 31.0 Å². The molecule has 0 aliphatic carbocycles. The maximum absolute atomic E-state index is 11.3. The van der Waals surface area contributed by atoms with Crippen LogP contribution in [0.25, 0.3) is 0 Å². The van der Waals surface area contributed by atoms with Gasteiger partial charge in [-0.3, -0.25) is 4.79 Å². The van der Waals surface area contributed by atoms with Gasteiger partial charge in [-0.2, -0.15) is 4.73 Å². The van der Waals surface area contributed by atoms with Crippen molar-refractivity contribution in [2.45, 2.75) is 26.7 Å². The topological polar surface area (TPSA) is 42.2 Å². The zero-order valence-corrected chi connectivity index (χ0v) is 7.53. The van der Waals surface area contributed by atoms with Crippen LogP contribution in [0, 0.1) is 6.92 Å². The van der Waals surface area contributed by atoms with E-state index in [1.54, 1.807) is 19.1 Å². The maximum atomic E-state index is 11.3. The van der Waals surface area contributed by atoms with Crippen molar-refractivity contribution < 1.29 is 5.21 Å². The van der Waals surface area contributed by atoms with Crippen molar-refractivity contribution in [3.05, 3.63) is 33.7 Å². The van der Waals surface area contributed by atoms with E-state index in [1.165, 1.54) is 0 Å². The first-order chi connectivity index (χ1) is 5.54. The summed E-state index contributed by atoms with van der Waals surface area (Å²) < 4.78 is 0.690. The Morgan fingerprint density at radius 3 is 2.50 bits per heavy atom. The lowest BCUT2D eigenvalue weighted by molar-refractivity contribution is 0.167. The van der Waals surface area contributed by atoms with E-state index >= 15 is 0 Å². The van der Waals surface area contributed by atoms with Gasteiger partial charge in [-0.25, -0.2) is 0 Å². The Bertz CT molecular complexity index is 339. The van der Waals surface area contributed by atoms with Gasteiger partial charge in [0.1, 0.15) is 0 Å². The maximum Gasteiger partial charge on any atom is 0.286 e. The largest absolute Gasteiger partial charge is 0.425 e. The molecule has 0 aliphatic rings. The molecule has 1 N–H and O–H groups in total. The zero-order valence-electron chi connectivity index (χ0n) is 7.53. The van der Waals surface area contributed by atoms with E-state index in [-0.39, 0.29) is 11.5 Å². The molecular formula is C9H13NO2. The van der Waals surface area contributed by atoms with Crippen LogP contribution in [0.3, 0.4) is 0 Å². The number of aromatic nitrogens is 1. The van der Waals surface area contributed by atoms with E-state index < -0.39 is 0 Å². The van der Waals surface area contributed by atoms with Crippen LogP contribution in [0.2, 0.25) is 0 Å². The summed E-state index contributed by atoms with van der Waals surface area (Å²) in [6.45, 7) is 5.53. The molecule has 3 heteroatoms. The van der Waals surface area contributed by atoms with Gasteiger partial charge in [0.15, 0.2) is 0 Å². The van der Waals surface area contributed by atoms with Crippen LogP contribution in [-0.4, -0.2) is 9.94 Å². The number of hydrogen-bond donors (Lipinski definition) is 1. The second kappa shape index (κ2) is 3.01. The van der Waals surface area contributed by atoms with Crippen molar-refractivity contribution in [2.75, 3.05) is 0 Å². The third-order valence-electron chi connectivity index (χ3n) is 1.90. The minimum Gasteiger partial charge on any atom is -0.425 e. The van der Waals surface area contributed by atoms with E-state index in [1.807, 2.05) is 13.8 Å². The van der Waals surface area contributed by atoms with Gasteiger partial charge >= 0.3 is 0 Å². The van der Waals surface area contributed by atoms with E-state index in [2.05, 4.69) is 0 Å². The van der Waals surface area contributed by atoms with Gasteiger partial charge in [-0.15, -0.1) is 0 Å². The molecule has 1 aromatic heterocycles. The minimum absolute atomic E-state index is 0.150. The van der Waals surface area contributed by atoms with Gasteiger partial charge < -0.3 is 5.21 Å². The molecule has 1 rings (SSSR count). The Morgan fingerprint density at radius 1 is 1.42 bits per heavy atom. The first kappa shape index (κ1) is 8.84. The van der Waals surface area contributed by atoms with Gasteiger partial charge in [0.25, 0.3) is 5.56 Å². The number of aryl methyl sites for hydroxylation is 1. The molecule has 3 nitrogen and oxygen atoms in total. The molecule has 1 heterocycles. The highest BCUT2D eigenvalue weighted by molar-refractivity contribution is 5.17. The third-order valence-corrected chi connectivity index (χ3v) is 1.90. The number of hydrogen-bond acceptors (Lipinski definition) is 2. The van der Waals surface area contributed by atoms with E-state index in [0.29, 0.717) is 16.0 Å². The van der Waals surface area contributed by atoms with Gasteiger partial charge in [0.05, 0.1) is 5.69 Å². The Hall–Kier alpha value is -1.25. The molecule has 0 bridgehead atoms. The van der Waals surface area contributed by atoms with E-state index in [0.717, 1.165) is 0 Å². The Balaban J connectivity index is 3.37. The second-order valence-corrected chi connectivity index (χ2v) is 3.20. The predicted molar refractivity (Wildman–Crippen MR) is 46.7 cm³/mol. The lowest BCUT2D eigenvalue weighted by Gasteiger charge is -2.07. The average molecular weight is 167 g/mol. The Kier molecular flexibility index (Phi) is 2.22. The molecule has 0 unspecified atom stereocenters. The predicted octanol–water partition coefficient (Wildman–Crippen LogP) is 1.52. The molecule has 0 spiro atoms. The van der Waals surface area contributed by atoms with Crippen LogP contribution in [0.5, 0.6) is 0 Å². The van der Waals surface area contributed by atoms with Gasteiger partial charge in [-0.05, 0) is 18.9 Å². The fourth-order valence-electron chi connectivity index (χ4n) is 1.07. The SMILES string of the molecule is Cc1ccc(C(C)C)c(=O)n1O. The lowest BCUT2D eigenvalue weighted by Crippen LogP contribution is -2.23. The van der Waals surface area contributed by atoms with E-state index in [4.69, 9.17) is 0 Å². The summed E-state index contributed by atoms with van der Waals surface area (Å²) in [5, 5.41) is 9.24. The Labute approximate surface area is 71.2 Å². The van der Waals surface area contributed by atoms with Crippen LogP contribution in [0.15, 0.2) is 16.9 Å². The Morgan fingerprint density at radius 2 is 2.00 bits per heavy atom. The van der Waals surface area contributed by atoms with Crippen molar-refractivity contribution in [1.29, 1.82) is 0 Å².